The number of hydrogen-bond acceptors (Lipinski definition) is 6. The number of aryl methyl sites for hydroxylation is 1. The van der Waals surface area contributed by atoms with Gasteiger partial charge in [-0.05, 0) is 51.2 Å². The second-order valence-corrected chi connectivity index (χ2v) is 8.45. The van der Waals surface area contributed by atoms with Crippen molar-refractivity contribution in [3.8, 4) is 0 Å². The van der Waals surface area contributed by atoms with Crippen molar-refractivity contribution in [3.05, 3.63) is 58.0 Å². The van der Waals surface area contributed by atoms with Crippen LogP contribution in [0.5, 0.6) is 0 Å². The standard InChI is InChI=1S/C21H24N4O2S/c1-14(19-24-23-15(2)27-19)28-21-22-18-11-7-6-10-17(18)20(26)25(21)13-12-16-8-4-3-5-9-16/h6-8,10-11,14H,3-5,9,12-13H2,1-2H3. The van der Waals surface area contributed by atoms with Crippen LogP contribution in [0.1, 0.15) is 56.1 Å². The number of rotatable bonds is 6. The van der Waals surface area contributed by atoms with Gasteiger partial charge in [0.15, 0.2) is 5.16 Å². The first kappa shape index (κ1) is 18.9. The van der Waals surface area contributed by atoms with E-state index in [2.05, 4.69) is 16.3 Å². The molecule has 1 atom stereocenters. The summed E-state index contributed by atoms with van der Waals surface area (Å²) in [5.41, 5.74) is 2.18. The predicted molar refractivity (Wildman–Crippen MR) is 110 cm³/mol. The number of aromatic nitrogens is 4. The highest BCUT2D eigenvalue weighted by atomic mass is 32.2. The van der Waals surface area contributed by atoms with E-state index in [0.717, 1.165) is 24.8 Å². The van der Waals surface area contributed by atoms with Crippen LogP contribution in [0.3, 0.4) is 0 Å². The van der Waals surface area contributed by atoms with Crippen LogP contribution in [-0.4, -0.2) is 19.7 Å². The summed E-state index contributed by atoms with van der Waals surface area (Å²) < 4.78 is 7.37. The van der Waals surface area contributed by atoms with E-state index in [1.807, 2.05) is 35.8 Å². The van der Waals surface area contributed by atoms with E-state index in [4.69, 9.17) is 9.40 Å². The lowest BCUT2D eigenvalue weighted by Gasteiger charge is -2.17. The normalized spacial score (nSPS) is 15.6. The number of para-hydroxylation sites is 1. The molecule has 0 radical (unpaired) electrons. The number of hydrogen-bond donors (Lipinski definition) is 0. The van der Waals surface area contributed by atoms with Crippen LogP contribution in [0.25, 0.3) is 10.9 Å². The van der Waals surface area contributed by atoms with Gasteiger partial charge >= 0.3 is 0 Å². The van der Waals surface area contributed by atoms with Gasteiger partial charge in [-0.2, -0.15) is 0 Å². The van der Waals surface area contributed by atoms with Gasteiger partial charge in [-0.15, -0.1) is 10.2 Å². The van der Waals surface area contributed by atoms with Crippen molar-refractivity contribution in [2.24, 2.45) is 0 Å². The fraction of sp³-hybridized carbons (Fsp3) is 0.429. The molecule has 0 saturated carbocycles. The number of fused-ring (bicyclic) bond motifs is 1. The molecule has 0 N–H and O–H groups in total. The first-order valence-corrected chi connectivity index (χ1v) is 10.6. The zero-order valence-corrected chi connectivity index (χ0v) is 17.0. The van der Waals surface area contributed by atoms with Crippen molar-refractivity contribution in [2.75, 3.05) is 0 Å². The smallest absolute Gasteiger partial charge is 0.262 e. The molecule has 28 heavy (non-hydrogen) atoms. The molecule has 2 heterocycles. The summed E-state index contributed by atoms with van der Waals surface area (Å²) in [6, 6.07) is 7.53. The van der Waals surface area contributed by atoms with E-state index < -0.39 is 0 Å². The summed E-state index contributed by atoms with van der Waals surface area (Å²) >= 11 is 1.49. The van der Waals surface area contributed by atoms with E-state index in [9.17, 15) is 4.79 Å². The molecule has 146 valence electrons. The van der Waals surface area contributed by atoms with E-state index in [-0.39, 0.29) is 10.8 Å². The van der Waals surface area contributed by atoms with Gasteiger partial charge in [-0.3, -0.25) is 9.36 Å². The maximum Gasteiger partial charge on any atom is 0.262 e. The molecule has 6 nitrogen and oxygen atoms in total. The highest BCUT2D eigenvalue weighted by Gasteiger charge is 2.19. The Morgan fingerprint density at radius 3 is 2.86 bits per heavy atom. The molecule has 1 aliphatic carbocycles. The molecule has 1 unspecified atom stereocenters. The van der Waals surface area contributed by atoms with Crippen LogP contribution < -0.4 is 5.56 Å². The van der Waals surface area contributed by atoms with Crippen molar-refractivity contribution >= 4 is 22.7 Å². The maximum atomic E-state index is 13.2. The van der Waals surface area contributed by atoms with Gasteiger partial charge < -0.3 is 4.42 Å². The average molecular weight is 397 g/mol. The Morgan fingerprint density at radius 1 is 1.25 bits per heavy atom. The Bertz CT molecular complexity index is 1070. The van der Waals surface area contributed by atoms with E-state index in [0.29, 0.717) is 28.9 Å². The summed E-state index contributed by atoms with van der Waals surface area (Å²) in [5, 5.41) is 9.29. The summed E-state index contributed by atoms with van der Waals surface area (Å²) in [7, 11) is 0. The third-order valence-corrected chi connectivity index (χ3v) is 6.12. The van der Waals surface area contributed by atoms with Gasteiger partial charge in [0.1, 0.15) is 0 Å². The van der Waals surface area contributed by atoms with Crippen molar-refractivity contribution in [1.82, 2.24) is 19.7 Å². The number of allylic oxidation sites excluding steroid dienone is 2. The Kier molecular flexibility index (Phi) is 5.62. The average Bonchev–Trinajstić information content (AvgIpc) is 3.15. The largest absolute Gasteiger partial charge is 0.424 e. The Hall–Kier alpha value is -2.41. The SMILES string of the molecule is Cc1nnc(C(C)Sc2nc3ccccc3c(=O)n2CCC2=CCCCC2)o1. The highest BCUT2D eigenvalue weighted by molar-refractivity contribution is 7.99. The lowest BCUT2D eigenvalue weighted by atomic mass is 9.97. The van der Waals surface area contributed by atoms with Crippen LogP contribution in [0.4, 0.5) is 0 Å². The van der Waals surface area contributed by atoms with Crippen molar-refractivity contribution in [1.29, 1.82) is 0 Å². The minimum atomic E-state index is -0.0885. The second-order valence-electron chi connectivity index (χ2n) is 7.15. The molecule has 4 rings (SSSR count). The fourth-order valence-electron chi connectivity index (χ4n) is 3.51. The van der Waals surface area contributed by atoms with E-state index in [1.165, 1.54) is 30.2 Å². The summed E-state index contributed by atoms with van der Waals surface area (Å²) in [6.07, 6.45) is 8.02. The summed E-state index contributed by atoms with van der Waals surface area (Å²) in [6.45, 7) is 4.41. The number of benzene rings is 1. The molecule has 1 aliphatic rings. The summed E-state index contributed by atoms with van der Waals surface area (Å²) in [5.74, 6) is 1.09. The highest BCUT2D eigenvalue weighted by Crippen LogP contribution is 2.33. The molecule has 3 aromatic rings. The lowest BCUT2D eigenvalue weighted by molar-refractivity contribution is 0.469. The molecule has 0 fully saturated rings. The monoisotopic (exact) mass is 396 g/mol. The second kappa shape index (κ2) is 8.31. The Morgan fingerprint density at radius 2 is 2.11 bits per heavy atom. The topological polar surface area (TPSA) is 73.8 Å². The van der Waals surface area contributed by atoms with Crippen molar-refractivity contribution in [3.63, 3.8) is 0 Å². The molecule has 0 spiro atoms. The van der Waals surface area contributed by atoms with Crippen LogP contribution in [0, 0.1) is 6.92 Å². The van der Waals surface area contributed by atoms with Gasteiger partial charge in [0.2, 0.25) is 11.8 Å². The minimum Gasteiger partial charge on any atom is -0.424 e. The van der Waals surface area contributed by atoms with Crippen LogP contribution in [0.2, 0.25) is 0 Å². The molecular weight excluding hydrogens is 372 g/mol. The molecule has 0 bridgehead atoms. The molecule has 0 aliphatic heterocycles. The van der Waals surface area contributed by atoms with Crippen LogP contribution in [-0.2, 0) is 6.54 Å². The molecule has 2 aromatic heterocycles. The van der Waals surface area contributed by atoms with Crippen LogP contribution >= 0.6 is 11.8 Å². The van der Waals surface area contributed by atoms with E-state index in [1.54, 1.807) is 6.92 Å². The number of nitrogens with zero attached hydrogens (tertiary/aromatic N) is 4. The Balaban J connectivity index is 1.68. The van der Waals surface area contributed by atoms with Gasteiger partial charge in [-0.1, -0.05) is 35.5 Å². The zero-order chi connectivity index (χ0) is 19.5. The molecule has 0 saturated heterocycles. The third-order valence-electron chi connectivity index (χ3n) is 5.04. The first-order valence-electron chi connectivity index (χ1n) is 9.76. The minimum absolute atomic E-state index is 0.0124. The number of thioether (sulfide) groups is 1. The van der Waals surface area contributed by atoms with Crippen LogP contribution in [0.15, 0.2) is 50.3 Å². The first-order chi connectivity index (χ1) is 13.6. The van der Waals surface area contributed by atoms with Gasteiger partial charge in [-0.25, -0.2) is 4.98 Å². The zero-order valence-electron chi connectivity index (χ0n) is 16.2. The molecule has 0 amide bonds. The lowest BCUT2D eigenvalue weighted by Crippen LogP contribution is -2.24. The van der Waals surface area contributed by atoms with Crippen molar-refractivity contribution < 1.29 is 4.42 Å². The van der Waals surface area contributed by atoms with Crippen molar-refractivity contribution in [2.45, 2.75) is 62.9 Å². The van der Waals surface area contributed by atoms with Gasteiger partial charge in [0.05, 0.1) is 16.2 Å². The molecule has 7 heteroatoms. The fourth-order valence-corrected chi connectivity index (χ4v) is 4.47. The quantitative estimate of drug-likeness (QED) is 0.337. The summed E-state index contributed by atoms with van der Waals surface area (Å²) in [4.78, 5) is 18.0. The van der Waals surface area contributed by atoms with Gasteiger partial charge in [0, 0.05) is 13.5 Å². The third kappa shape index (κ3) is 4.04. The predicted octanol–water partition coefficient (Wildman–Crippen LogP) is 4.83. The van der Waals surface area contributed by atoms with Gasteiger partial charge in [0.25, 0.3) is 5.56 Å². The molecule has 1 aromatic carbocycles. The maximum absolute atomic E-state index is 13.2. The van der Waals surface area contributed by atoms with E-state index >= 15 is 0 Å². The Labute approximate surface area is 168 Å². The molecular formula is C21H24N4O2S.